The summed E-state index contributed by atoms with van der Waals surface area (Å²) >= 11 is 0. The Morgan fingerprint density at radius 3 is 2.35 bits per heavy atom. The quantitative estimate of drug-likeness (QED) is 0.569. The minimum Gasteiger partial charge on any atom is -0.330 e. The van der Waals surface area contributed by atoms with Crippen LogP contribution in [0.2, 0.25) is 0 Å². The van der Waals surface area contributed by atoms with Gasteiger partial charge in [0.25, 0.3) is 0 Å². The van der Waals surface area contributed by atoms with Crippen LogP contribution in [0.15, 0.2) is 24.3 Å². The summed E-state index contributed by atoms with van der Waals surface area (Å²) in [6, 6.07) is 6.21. The molecule has 0 spiro atoms. The first-order chi connectivity index (χ1) is 7.85. The summed E-state index contributed by atoms with van der Waals surface area (Å²) in [5, 5.41) is 0. The minimum absolute atomic E-state index is 0.0846. The fourth-order valence-corrected chi connectivity index (χ4v) is 1.94. The van der Waals surface area contributed by atoms with Crippen LogP contribution in [0.1, 0.15) is 23.7 Å². The highest BCUT2D eigenvalue weighted by atomic mass is 19.1. The number of nitrogens with zero attached hydrogens (tertiary/aromatic N) is 1. The molecule has 1 rings (SSSR count). The number of hydrogen-bond acceptors (Lipinski definition) is 1. The fraction of sp³-hybridized carbons (Fsp3) is 0.500. The van der Waals surface area contributed by atoms with Gasteiger partial charge in [-0.25, -0.2) is 4.39 Å². The molecular weight excluding hydrogens is 217 g/mol. The van der Waals surface area contributed by atoms with E-state index < -0.39 is 5.82 Å². The molecule has 0 saturated heterocycles. The normalized spacial score (nSPS) is 13.5. The average Bonchev–Trinajstić information content (AvgIpc) is 2.24. The zero-order valence-corrected chi connectivity index (χ0v) is 11.0. The van der Waals surface area contributed by atoms with Gasteiger partial charge in [-0.1, -0.05) is 19.1 Å². The zero-order chi connectivity index (χ0) is 13.1. The van der Waals surface area contributed by atoms with Gasteiger partial charge in [0.05, 0.1) is 39.2 Å². The minimum atomic E-state index is -0.419. The first kappa shape index (κ1) is 13.8. The van der Waals surface area contributed by atoms with Crippen molar-refractivity contribution in [3.8, 4) is 0 Å². The summed E-state index contributed by atoms with van der Waals surface area (Å²) in [6.07, 6.45) is 0.739. The Labute approximate surface area is 103 Å². The second kappa shape index (κ2) is 5.41. The number of benzene rings is 1. The number of halogens is 1. The molecular formula is C14H21FNO+. The summed E-state index contributed by atoms with van der Waals surface area (Å²) in [4.78, 5) is 12.2. The number of rotatable bonds is 5. The van der Waals surface area contributed by atoms with E-state index in [-0.39, 0.29) is 17.3 Å². The van der Waals surface area contributed by atoms with Gasteiger partial charge in [0.15, 0.2) is 5.78 Å². The predicted octanol–water partition coefficient (Wildman–Crippen LogP) is 2.74. The van der Waals surface area contributed by atoms with Gasteiger partial charge in [0.1, 0.15) is 5.82 Å². The molecule has 1 atom stereocenters. The lowest BCUT2D eigenvalue weighted by Crippen LogP contribution is -2.41. The van der Waals surface area contributed by atoms with E-state index in [4.69, 9.17) is 0 Å². The summed E-state index contributed by atoms with van der Waals surface area (Å²) in [5.74, 6) is -0.622. The Kier molecular flexibility index (Phi) is 4.40. The van der Waals surface area contributed by atoms with Crippen molar-refractivity contribution in [2.45, 2.75) is 13.3 Å². The number of carbonyl (C=O) groups is 1. The monoisotopic (exact) mass is 238 g/mol. The van der Waals surface area contributed by atoms with Crippen molar-refractivity contribution in [2.24, 2.45) is 5.92 Å². The molecule has 0 heterocycles. The molecule has 0 radical (unpaired) electrons. The van der Waals surface area contributed by atoms with Gasteiger partial charge in [-0.05, 0) is 18.6 Å². The zero-order valence-electron chi connectivity index (χ0n) is 11.0. The van der Waals surface area contributed by atoms with Crippen LogP contribution in [0.3, 0.4) is 0 Å². The number of Topliss-reactive ketones (excluding diaryl/α,β-unsaturated/α-hetero) is 1. The SMILES string of the molecule is CCC(C[N+](C)(C)C)C(=O)c1ccccc1F. The van der Waals surface area contributed by atoms with Crippen molar-refractivity contribution in [3.05, 3.63) is 35.6 Å². The molecule has 0 bridgehead atoms. The molecule has 0 N–H and O–H groups in total. The second-order valence-corrected chi connectivity index (χ2v) is 5.42. The van der Waals surface area contributed by atoms with Crippen molar-refractivity contribution in [2.75, 3.05) is 27.7 Å². The summed E-state index contributed by atoms with van der Waals surface area (Å²) < 4.78 is 14.3. The predicted molar refractivity (Wildman–Crippen MR) is 67.4 cm³/mol. The van der Waals surface area contributed by atoms with Crippen molar-refractivity contribution in [1.82, 2.24) is 0 Å². The highest BCUT2D eigenvalue weighted by molar-refractivity contribution is 5.98. The van der Waals surface area contributed by atoms with Crippen LogP contribution >= 0.6 is 0 Å². The van der Waals surface area contributed by atoms with E-state index in [0.29, 0.717) is 4.48 Å². The molecule has 0 fully saturated rings. The largest absolute Gasteiger partial charge is 0.330 e. The average molecular weight is 238 g/mol. The van der Waals surface area contributed by atoms with Crippen LogP contribution in [0.4, 0.5) is 4.39 Å². The Morgan fingerprint density at radius 1 is 1.29 bits per heavy atom. The van der Waals surface area contributed by atoms with Crippen LogP contribution in [-0.4, -0.2) is 38.0 Å². The first-order valence-corrected chi connectivity index (χ1v) is 5.94. The molecule has 0 aliphatic carbocycles. The lowest BCUT2D eigenvalue weighted by atomic mass is 9.94. The third kappa shape index (κ3) is 3.93. The van der Waals surface area contributed by atoms with E-state index >= 15 is 0 Å². The Bertz CT molecular complexity index is 395. The molecule has 0 amide bonds. The molecule has 0 aliphatic rings. The topological polar surface area (TPSA) is 17.1 Å². The molecule has 2 nitrogen and oxygen atoms in total. The number of carbonyl (C=O) groups excluding carboxylic acids is 1. The van der Waals surface area contributed by atoms with Gasteiger partial charge in [0, 0.05) is 0 Å². The third-order valence-electron chi connectivity index (χ3n) is 2.77. The molecule has 0 saturated carbocycles. The lowest BCUT2D eigenvalue weighted by molar-refractivity contribution is -0.872. The first-order valence-electron chi connectivity index (χ1n) is 5.94. The van der Waals surface area contributed by atoms with E-state index in [9.17, 15) is 9.18 Å². The highest BCUT2D eigenvalue weighted by Crippen LogP contribution is 2.17. The Morgan fingerprint density at radius 2 is 1.88 bits per heavy atom. The summed E-state index contributed by atoms with van der Waals surface area (Å²) in [7, 11) is 6.12. The summed E-state index contributed by atoms with van der Waals surface area (Å²) in [6.45, 7) is 2.70. The maximum absolute atomic E-state index is 13.5. The van der Waals surface area contributed by atoms with Crippen LogP contribution in [0.5, 0.6) is 0 Å². The van der Waals surface area contributed by atoms with Crippen LogP contribution < -0.4 is 0 Å². The maximum atomic E-state index is 13.5. The highest BCUT2D eigenvalue weighted by Gasteiger charge is 2.26. The van der Waals surface area contributed by atoms with Gasteiger partial charge >= 0.3 is 0 Å². The number of hydrogen-bond donors (Lipinski definition) is 0. The summed E-state index contributed by atoms with van der Waals surface area (Å²) in [5.41, 5.74) is 0.216. The van der Waals surface area contributed by atoms with Gasteiger partial charge in [-0.2, -0.15) is 0 Å². The molecule has 0 aromatic heterocycles. The van der Waals surface area contributed by atoms with Crippen LogP contribution in [0, 0.1) is 11.7 Å². The molecule has 17 heavy (non-hydrogen) atoms. The third-order valence-corrected chi connectivity index (χ3v) is 2.77. The van der Waals surface area contributed by atoms with Crippen LogP contribution in [0.25, 0.3) is 0 Å². The fourth-order valence-electron chi connectivity index (χ4n) is 1.94. The van der Waals surface area contributed by atoms with Crippen LogP contribution in [-0.2, 0) is 0 Å². The van der Waals surface area contributed by atoms with Crippen molar-refractivity contribution in [1.29, 1.82) is 0 Å². The van der Waals surface area contributed by atoms with E-state index in [1.807, 2.05) is 28.1 Å². The molecule has 1 aromatic rings. The van der Waals surface area contributed by atoms with Gasteiger partial charge in [-0.15, -0.1) is 0 Å². The van der Waals surface area contributed by atoms with Crippen molar-refractivity contribution in [3.63, 3.8) is 0 Å². The van der Waals surface area contributed by atoms with E-state index in [1.165, 1.54) is 6.07 Å². The molecule has 94 valence electrons. The molecule has 0 aliphatic heterocycles. The van der Waals surface area contributed by atoms with E-state index in [2.05, 4.69) is 0 Å². The molecule has 1 unspecified atom stereocenters. The maximum Gasteiger partial charge on any atom is 0.174 e. The molecule has 3 heteroatoms. The number of ketones is 1. The van der Waals surface area contributed by atoms with E-state index in [0.717, 1.165) is 13.0 Å². The van der Waals surface area contributed by atoms with Crippen molar-refractivity contribution < 1.29 is 13.7 Å². The Balaban J connectivity index is 2.91. The second-order valence-electron chi connectivity index (χ2n) is 5.42. The Hall–Kier alpha value is -1.22. The van der Waals surface area contributed by atoms with Gasteiger partial charge in [0.2, 0.25) is 0 Å². The van der Waals surface area contributed by atoms with E-state index in [1.54, 1.807) is 18.2 Å². The smallest absolute Gasteiger partial charge is 0.174 e. The molecule has 1 aromatic carbocycles. The van der Waals surface area contributed by atoms with Gasteiger partial charge in [-0.3, -0.25) is 4.79 Å². The van der Waals surface area contributed by atoms with Crippen molar-refractivity contribution >= 4 is 5.78 Å². The lowest BCUT2D eigenvalue weighted by Gasteiger charge is -2.28. The number of quaternary nitrogens is 1. The van der Waals surface area contributed by atoms with Gasteiger partial charge < -0.3 is 4.48 Å². The standard InChI is InChI=1S/C14H21FNO/c1-5-11(10-16(2,3)4)14(17)12-8-6-7-9-13(12)15/h6-9,11H,5,10H2,1-4H3/q+1.